The third-order valence-electron chi connectivity index (χ3n) is 3.32. The summed E-state index contributed by atoms with van der Waals surface area (Å²) >= 11 is 0. The van der Waals surface area contributed by atoms with Gasteiger partial charge < -0.3 is 15.3 Å². The van der Waals surface area contributed by atoms with Crippen LogP contribution in [0.5, 0.6) is 0 Å². The number of piperidine rings is 1. The first-order chi connectivity index (χ1) is 7.55. The number of hydrogen-bond donors (Lipinski definition) is 2. The minimum absolute atomic E-state index is 0.152. The van der Waals surface area contributed by atoms with Gasteiger partial charge in [-0.15, -0.1) is 0 Å². The molecular formula is C11H20N2O3. The van der Waals surface area contributed by atoms with Crippen molar-refractivity contribution >= 4 is 12.0 Å². The number of amides is 2. The molecule has 5 nitrogen and oxygen atoms in total. The molecule has 1 atom stereocenters. The molecule has 0 aromatic rings. The fourth-order valence-corrected chi connectivity index (χ4v) is 2.18. The third-order valence-corrected chi connectivity index (χ3v) is 3.32. The van der Waals surface area contributed by atoms with Crippen LogP contribution in [0.25, 0.3) is 0 Å². The Morgan fingerprint density at radius 3 is 2.62 bits per heavy atom. The van der Waals surface area contributed by atoms with Crippen molar-refractivity contribution in [3.05, 3.63) is 0 Å². The van der Waals surface area contributed by atoms with E-state index in [1.165, 1.54) is 0 Å². The highest BCUT2D eigenvalue weighted by Gasteiger charge is 2.41. The second-order valence-electron chi connectivity index (χ2n) is 4.30. The molecule has 2 N–H and O–H groups in total. The monoisotopic (exact) mass is 228 g/mol. The average molecular weight is 228 g/mol. The first-order valence-corrected chi connectivity index (χ1v) is 5.82. The summed E-state index contributed by atoms with van der Waals surface area (Å²) in [6.07, 6.45) is 1.99. The molecular weight excluding hydrogens is 208 g/mol. The van der Waals surface area contributed by atoms with E-state index in [4.69, 9.17) is 0 Å². The van der Waals surface area contributed by atoms with E-state index >= 15 is 0 Å². The van der Waals surface area contributed by atoms with E-state index in [1.807, 2.05) is 13.8 Å². The Bertz CT molecular complexity index is 280. The number of nitrogens with zero attached hydrogens (tertiary/aromatic N) is 1. The fourth-order valence-electron chi connectivity index (χ4n) is 2.18. The molecule has 0 spiro atoms. The lowest BCUT2D eigenvalue weighted by atomic mass is 9.78. The maximum Gasteiger partial charge on any atom is 0.317 e. The highest BCUT2D eigenvalue weighted by Crippen LogP contribution is 2.33. The van der Waals surface area contributed by atoms with Crippen molar-refractivity contribution in [1.29, 1.82) is 0 Å². The van der Waals surface area contributed by atoms with Crippen LogP contribution in [0.2, 0.25) is 0 Å². The van der Waals surface area contributed by atoms with Gasteiger partial charge in [-0.05, 0) is 26.2 Å². The Morgan fingerprint density at radius 2 is 2.12 bits per heavy atom. The third kappa shape index (κ3) is 2.46. The summed E-state index contributed by atoms with van der Waals surface area (Å²) < 4.78 is 0. The quantitative estimate of drug-likeness (QED) is 0.764. The van der Waals surface area contributed by atoms with Crippen LogP contribution in [-0.4, -0.2) is 41.6 Å². The Balaban J connectivity index is 2.72. The number of nitrogens with one attached hydrogen (secondary N) is 1. The SMILES string of the molecule is CCNC(=O)N1CCCC(CC)(C(=O)O)C1. The van der Waals surface area contributed by atoms with Crippen LogP contribution in [0.1, 0.15) is 33.1 Å². The van der Waals surface area contributed by atoms with Gasteiger partial charge in [0.1, 0.15) is 0 Å². The van der Waals surface area contributed by atoms with Gasteiger partial charge in [0.05, 0.1) is 5.41 Å². The van der Waals surface area contributed by atoms with E-state index in [1.54, 1.807) is 4.90 Å². The average Bonchev–Trinajstić information content (AvgIpc) is 2.29. The van der Waals surface area contributed by atoms with Crippen molar-refractivity contribution in [1.82, 2.24) is 10.2 Å². The predicted octanol–water partition coefficient (Wildman–Crippen LogP) is 1.29. The molecule has 16 heavy (non-hydrogen) atoms. The summed E-state index contributed by atoms with van der Waals surface area (Å²) in [5.74, 6) is -0.788. The highest BCUT2D eigenvalue weighted by molar-refractivity contribution is 5.78. The highest BCUT2D eigenvalue weighted by atomic mass is 16.4. The number of aliphatic carboxylic acids is 1. The number of urea groups is 1. The lowest BCUT2D eigenvalue weighted by molar-refractivity contribution is -0.152. The number of hydrogen-bond acceptors (Lipinski definition) is 2. The largest absolute Gasteiger partial charge is 0.481 e. The zero-order chi connectivity index (χ0) is 12.2. The minimum atomic E-state index is -0.788. The molecule has 1 fully saturated rings. The molecule has 0 aliphatic carbocycles. The van der Waals surface area contributed by atoms with Crippen LogP contribution in [0.3, 0.4) is 0 Å². The number of rotatable bonds is 3. The summed E-state index contributed by atoms with van der Waals surface area (Å²) in [5.41, 5.74) is -0.747. The molecule has 1 aliphatic rings. The number of carbonyl (C=O) groups is 2. The van der Waals surface area contributed by atoms with Gasteiger partial charge in [-0.3, -0.25) is 4.79 Å². The van der Waals surface area contributed by atoms with Gasteiger partial charge in [-0.25, -0.2) is 4.79 Å². The Hall–Kier alpha value is -1.26. The molecule has 0 aromatic carbocycles. The molecule has 1 heterocycles. The van der Waals surface area contributed by atoms with E-state index < -0.39 is 11.4 Å². The molecule has 92 valence electrons. The Kier molecular flexibility index (Phi) is 4.15. The van der Waals surface area contributed by atoms with Crippen LogP contribution in [-0.2, 0) is 4.79 Å². The molecule has 1 unspecified atom stereocenters. The first-order valence-electron chi connectivity index (χ1n) is 5.82. The number of carbonyl (C=O) groups excluding carboxylic acids is 1. The van der Waals surface area contributed by atoms with E-state index in [-0.39, 0.29) is 6.03 Å². The second kappa shape index (κ2) is 5.18. The molecule has 0 bridgehead atoms. The van der Waals surface area contributed by atoms with E-state index in [2.05, 4.69) is 5.32 Å². The molecule has 1 aliphatic heterocycles. The van der Waals surface area contributed by atoms with Gasteiger partial charge in [0.15, 0.2) is 0 Å². The Labute approximate surface area is 95.8 Å². The molecule has 1 rings (SSSR count). The van der Waals surface area contributed by atoms with Gasteiger partial charge in [-0.2, -0.15) is 0 Å². The van der Waals surface area contributed by atoms with Gasteiger partial charge in [0, 0.05) is 19.6 Å². The topological polar surface area (TPSA) is 69.6 Å². The van der Waals surface area contributed by atoms with Crippen molar-refractivity contribution < 1.29 is 14.7 Å². The smallest absolute Gasteiger partial charge is 0.317 e. The fraction of sp³-hybridized carbons (Fsp3) is 0.818. The second-order valence-corrected chi connectivity index (χ2v) is 4.30. The summed E-state index contributed by atoms with van der Waals surface area (Å²) in [6, 6.07) is -0.152. The van der Waals surface area contributed by atoms with Crippen molar-refractivity contribution in [2.24, 2.45) is 5.41 Å². The minimum Gasteiger partial charge on any atom is -0.481 e. The van der Waals surface area contributed by atoms with Crippen LogP contribution in [0.4, 0.5) is 4.79 Å². The molecule has 0 aromatic heterocycles. The lowest BCUT2D eigenvalue weighted by Crippen LogP contribution is -2.52. The van der Waals surface area contributed by atoms with Gasteiger partial charge in [0.2, 0.25) is 0 Å². The molecule has 5 heteroatoms. The maximum atomic E-state index is 11.6. The summed E-state index contributed by atoms with van der Waals surface area (Å²) in [4.78, 5) is 24.5. The van der Waals surface area contributed by atoms with Crippen LogP contribution in [0.15, 0.2) is 0 Å². The molecule has 0 saturated carbocycles. The van der Waals surface area contributed by atoms with Crippen molar-refractivity contribution in [2.45, 2.75) is 33.1 Å². The zero-order valence-corrected chi connectivity index (χ0v) is 9.95. The number of carboxylic acid groups (broad SMARTS) is 1. The van der Waals surface area contributed by atoms with Crippen LogP contribution >= 0.6 is 0 Å². The molecule has 0 radical (unpaired) electrons. The normalized spacial score (nSPS) is 25.2. The maximum absolute atomic E-state index is 11.6. The van der Waals surface area contributed by atoms with Crippen molar-refractivity contribution in [3.63, 3.8) is 0 Å². The molecule has 1 saturated heterocycles. The first kappa shape index (κ1) is 12.8. The Morgan fingerprint density at radius 1 is 1.44 bits per heavy atom. The number of carboxylic acids is 1. The zero-order valence-electron chi connectivity index (χ0n) is 9.95. The summed E-state index contributed by atoms with van der Waals surface area (Å²) in [5, 5.41) is 12.0. The molecule has 2 amide bonds. The van der Waals surface area contributed by atoms with E-state index in [9.17, 15) is 14.7 Å². The van der Waals surface area contributed by atoms with Gasteiger partial charge >= 0.3 is 12.0 Å². The predicted molar refractivity (Wildman–Crippen MR) is 60.2 cm³/mol. The van der Waals surface area contributed by atoms with E-state index in [0.717, 1.165) is 6.42 Å². The lowest BCUT2D eigenvalue weighted by Gasteiger charge is -2.39. The van der Waals surface area contributed by atoms with Gasteiger partial charge in [-0.1, -0.05) is 6.92 Å². The summed E-state index contributed by atoms with van der Waals surface area (Å²) in [6.45, 7) is 5.27. The van der Waals surface area contributed by atoms with Crippen molar-refractivity contribution in [2.75, 3.05) is 19.6 Å². The van der Waals surface area contributed by atoms with Crippen molar-refractivity contribution in [3.8, 4) is 0 Å². The van der Waals surface area contributed by atoms with Gasteiger partial charge in [0.25, 0.3) is 0 Å². The standard InChI is InChI=1S/C11H20N2O3/c1-3-11(9(14)15)6-5-7-13(8-11)10(16)12-4-2/h3-8H2,1-2H3,(H,12,16)(H,14,15). The van der Waals surface area contributed by atoms with E-state index in [0.29, 0.717) is 32.5 Å². The summed E-state index contributed by atoms with van der Waals surface area (Å²) in [7, 11) is 0. The number of likely N-dealkylation sites (tertiary alicyclic amines) is 1. The van der Waals surface area contributed by atoms with Crippen LogP contribution < -0.4 is 5.32 Å². The van der Waals surface area contributed by atoms with Crippen LogP contribution in [0, 0.1) is 5.41 Å².